The van der Waals surface area contributed by atoms with E-state index < -0.39 is 56.6 Å². The van der Waals surface area contributed by atoms with E-state index in [4.69, 9.17) is 0 Å². The van der Waals surface area contributed by atoms with E-state index in [0.717, 1.165) is 32.1 Å². The highest BCUT2D eigenvalue weighted by molar-refractivity contribution is 7.88. The van der Waals surface area contributed by atoms with Crippen LogP contribution in [0.3, 0.4) is 0 Å². The summed E-state index contributed by atoms with van der Waals surface area (Å²) >= 11 is 0. The van der Waals surface area contributed by atoms with Gasteiger partial charge in [0, 0.05) is 13.1 Å². The van der Waals surface area contributed by atoms with E-state index in [0.29, 0.717) is 6.42 Å². The molecular weight excluding hydrogens is 456 g/mol. The molecule has 7 nitrogen and oxygen atoms in total. The van der Waals surface area contributed by atoms with Crippen molar-refractivity contribution in [3.63, 3.8) is 0 Å². The Balaban J connectivity index is 2.83. The summed E-state index contributed by atoms with van der Waals surface area (Å²) in [6, 6.07) is 0. The Morgan fingerprint density at radius 1 is 0.759 bits per heavy atom. The first-order valence-corrected chi connectivity index (χ1v) is 11.6. The summed E-state index contributed by atoms with van der Waals surface area (Å²) in [5.41, 5.74) is -11.6. The summed E-state index contributed by atoms with van der Waals surface area (Å²) < 4.78 is 128. The van der Waals surface area contributed by atoms with Crippen LogP contribution < -0.4 is 0 Å². The Labute approximate surface area is 165 Å². The summed E-state index contributed by atoms with van der Waals surface area (Å²) in [4.78, 5) is 1.31. The molecule has 0 radical (unpaired) electrons. The standard InChI is InChI=1S/C14H23F6NO6S2/c1-2-3-4-5-6-7-8-21-9-11(26-28(22,23)13(15,16)17)12(10-21)27-29(24,25)14(18,19)20/h11-12H,2-10H2,1H3/t11-,12-/m0/s1. The molecule has 29 heavy (non-hydrogen) atoms. The summed E-state index contributed by atoms with van der Waals surface area (Å²) in [5.74, 6) is 0. The van der Waals surface area contributed by atoms with E-state index in [1.54, 1.807) is 0 Å². The smallest absolute Gasteiger partial charge is 0.298 e. The molecule has 1 aliphatic heterocycles. The molecule has 15 heteroatoms. The lowest BCUT2D eigenvalue weighted by Crippen LogP contribution is -2.40. The summed E-state index contributed by atoms with van der Waals surface area (Å²) in [7, 11) is -12.3. The third-order valence-corrected chi connectivity index (χ3v) is 6.32. The Morgan fingerprint density at radius 3 is 1.52 bits per heavy atom. The van der Waals surface area contributed by atoms with Crippen molar-refractivity contribution in [1.82, 2.24) is 4.90 Å². The third-order valence-electron chi connectivity index (χ3n) is 4.19. The van der Waals surface area contributed by atoms with Gasteiger partial charge in [0.2, 0.25) is 0 Å². The largest absolute Gasteiger partial charge is 0.523 e. The van der Waals surface area contributed by atoms with Gasteiger partial charge in [-0.15, -0.1) is 0 Å². The molecule has 0 aromatic heterocycles. The lowest BCUT2D eigenvalue weighted by atomic mass is 10.1. The average molecular weight is 479 g/mol. The van der Waals surface area contributed by atoms with E-state index in [1.807, 2.05) is 6.92 Å². The molecule has 0 amide bonds. The second kappa shape index (κ2) is 10.1. The van der Waals surface area contributed by atoms with Crippen LogP contribution in [-0.2, 0) is 28.6 Å². The van der Waals surface area contributed by atoms with Crippen molar-refractivity contribution >= 4 is 20.2 Å². The Morgan fingerprint density at radius 2 is 1.14 bits per heavy atom. The SMILES string of the molecule is CCCCCCCCN1C[C@H](OS(=O)(=O)C(F)(F)F)[C@@H](OS(=O)(=O)C(F)(F)F)C1. The van der Waals surface area contributed by atoms with Crippen molar-refractivity contribution in [1.29, 1.82) is 0 Å². The minimum absolute atomic E-state index is 0.212. The summed E-state index contributed by atoms with van der Waals surface area (Å²) in [6.45, 7) is 1.18. The molecule has 0 aromatic carbocycles. The monoisotopic (exact) mass is 479 g/mol. The molecule has 0 saturated carbocycles. The highest BCUT2D eigenvalue weighted by atomic mass is 32.2. The van der Waals surface area contributed by atoms with E-state index >= 15 is 0 Å². The molecule has 2 atom stereocenters. The fourth-order valence-corrected chi connectivity index (χ4v) is 3.97. The molecule has 1 saturated heterocycles. The maximum atomic E-state index is 12.5. The van der Waals surface area contributed by atoms with Gasteiger partial charge < -0.3 is 0 Å². The quantitative estimate of drug-likeness (QED) is 0.195. The summed E-state index contributed by atoms with van der Waals surface area (Å²) in [5, 5.41) is 0. The van der Waals surface area contributed by atoms with Gasteiger partial charge in [0.1, 0.15) is 12.2 Å². The molecule has 1 aliphatic rings. The van der Waals surface area contributed by atoms with E-state index in [1.165, 1.54) is 4.90 Å². The fourth-order valence-electron chi connectivity index (χ4n) is 2.74. The van der Waals surface area contributed by atoms with Crippen LogP contribution in [0, 0.1) is 0 Å². The maximum Gasteiger partial charge on any atom is 0.523 e. The summed E-state index contributed by atoms with van der Waals surface area (Å²) in [6.07, 6.45) is 1.08. The first-order chi connectivity index (χ1) is 13.1. The third kappa shape index (κ3) is 7.84. The van der Waals surface area contributed by atoms with E-state index in [-0.39, 0.29) is 6.54 Å². The van der Waals surface area contributed by atoms with Gasteiger partial charge in [-0.1, -0.05) is 39.0 Å². The van der Waals surface area contributed by atoms with Gasteiger partial charge >= 0.3 is 31.3 Å². The van der Waals surface area contributed by atoms with Gasteiger partial charge in [0.25, 0.3) is 0 Å². The Hall–Kier alpha value is -0.640. The van der Waals surface area contributed by atoms with Gasteiger partial charge in [-0.25, -0.2) is 0 Å². The van der Waals surface area contributed by atoms with Crippen LogP contribution in [0.1, 0.15) is 45.4 Å². The zero-order chi connectivity index (χ0) is 22.5. The van der Waals surface area contributed by atoms with Crippen LogP contribution in [0.4, 0.5) is 26.3 Å². The van der Waals surface area contributed by atoms with Crippen molar-refractivity contribution in [3.05, 3.63) is 0 Å². The molecular formula is C14H23F6NO6S2. The predicted octanol–water partition coefficient (Wildman–Crippen LogP) is 3.13. The van der Waals surface area contributed by atoms with Crippen molar-refractivity contribution in [2.45, 2.75) is 68.7 Å². The lowest BCUT2D eigenvalue weighted by Gasteiger charge is -2.20. The highest BCUT2D eigenvalue weighted by Crippen LogP contribution is 2.32. The molecule has 1 rings (SSSR count). The Kier molecular flexibility index (Phi) is 9.20. The molecule has 0 aromatic rings. The number of hydrogen-bond donors (Lipinski definition) is 0. The van der Waals surface area contributed by atoms with Crippen LogP contribution in [0.25, 0.3) is 0 Å². The number of unbranched alkanes of at least 4 members (excludes halogenated alkanes) is 5. The number of nitrogens with zero attached hydrogens (tertiary/aromatic N) is 1. The fraction of sp³-hybridized carbons (Fsp3) is 1.00. The van der Waals surface area contributed by atoms with Crippen LogP contribution >= 0.6 is 0 Å². The van der Waals surface area contributed by atoms with Gasteiger partial charge in [0.05, 0.1) is 0 Å². The van der Waals surface area contributed by atoms with Gasteiger partial charge in [0.15, 0.2) is 0 Å². The second-order valence-corrected chi connectivity index (χ2v) is 9.72. The first-order valence-electron chi connectivity index (χ1n) is 8.82. The van der Waals surface area contributed by atoms with E-state index in [2.05, 4.69) is 8.37 Å². The Bertz CT molecular complexity index is 668. The van der Waals surface area contributed by atoms with Gasteiger partial charge in [-0.2, -0.15) is 43.2 Å². The van der Waals surface area contributed by atoms with Crippen LogP contribution in [0.15, 0.2) is 0 Å². The lowest BCUT2D eigenvalue weighted by molar-refractivity contribution is -0.0665. The second-order valence-electron chi connectivity index (χ2n) is 6.60. The molecule has 1 heterocycles. The van der Waals surface area contributed by atoms with Crippen molar-refractivity contribution in [2.75, 3.05) is 19.6 Å². The van der Waals surface area contributed by atoms with Crippen LogP contribution in [0.5, 0.6) is 0 Å². The number of alkyl halides is 6. The van der Waals surface area contributed by atoms with Gasteiger partial charge in [-0.05, 0) is 13.0 Å². The van der Waals surface area contributed by atoms with Crippen molar-refractivity contribution in [2.24, 2.45) is 0 Å². The average Bonchev–Trinajstić information content (AvgIpc) is 2.89. The number of likely N-dealkylation sites (tertiary alicyclic amines) is 1. The van der Waals surface area contributed by atoms with Crippen LogP contribution in [0.2, 0.25) is 0 Å². The molecule has 1 fully saturated rings. The normalized spacial score (nSPS) is 22.3. The maximum absolute atomic E-state index is 12.5. The molecule has 0 aliphatic carbocycles. The molecule has 0 spiro atoms. The number of halogens is 6. The topological polar surface area (TPSA) is 90.0 Å². The predicted molar refractivity (Wildman–Crippen MR) is 89.5 cm³/mol. The van der Waals surface area contributed by atoms with Gasteiger partial charge in [-0.3, -0.25) is 13.3 Å². The minimum Gasteiger partial charge on any atom is -0.298 e. The van der Waals surface area contributed by atoms with Crippen molar-refractivity contribution < 1.29 is 51.5 Å². The van der Waals surface area contributed by atoms with Crippen LogP contribution in [-0.4, -0.2) is 64.6 Å². The number of rotatable bonds is 11. The molecule has 0 N–H and O–H groups in total. The number of hydrogen-bond acceptors (Lipinski definition) is 7. The minimum atomic E-state index is -6.15. The van der Waals surface area contributed by atoms with E-state index in [9.17, 15) is 43.2 Å². The zero-order valence-corrected chi connectivity index (χ0v) is 17.1. The molecule has 0 bridgehead atoms. The highest BCUT2D eigenvalue weighted by Gasteiger charge is 2.54. The first kappa shape index (κ1) is 26.4. The molecule has 174 valence electrons. The zero-order valence-electron chi connectivity index (χ0n) is 15.5. The molecule has 0 unspecified atom stereocenters. The van der Waals surface area contributed by atoms with Crippen molar-refractivity contribution in [3.8, 4) is 0 Å².